The average Bonchev–Trinajstić information content (AvgIpc) is 3.12. The van der Waals surface area contributed by atoms with Crippen molar-refractivity contribution < 1.29 is 9.59 Å². The first-order valence-corrected chi connectivity index (χ1v) is 9.35. The molecule has 0 spiro atoms. The second-order valence-corrected chi connectivity index (χ2v) is 7.20. The van der Waals surface area contributed by atoms with Gasteiger partial charge >= 0.3 is 0 Å². The molecule has 3 aromatic rings. The molecule has 1 saturated heterocycles. The van der Waals surface area contributed by atoms with Crippen LogP contribution in [0.3, 0.4) is 0 Å². The Balaban J connectivity index is 1.48. The summed E-state index contributed by atoms with van der Waals surface area (Å²) in [4.78, 5) is 36.1. The van der Waals surface area contributed by atoms with Gasteiger partial charge in [0, 0.05) is 31.2 Å². The monoisotopic (exact) mass is 378 g/mol. The number of aromatic nitrogens is 4. The van der Waals surface area contributed by atoms with Gasteiger partial charge in [0.15, 0.2) is 5.65 Å². The lowest BCUT2D eigenvalue weighted by atomic mass is 9.96. The maximum atomic E-state index is 13.0. The van der Waals surface area contributed by atoms with Gasteiger partial charge in [-0.15, -0.1) is 0 Å². The first kappa shape index (κ1) is 18.1. The maximum absolute atomic E-state index is 13.0. The molecule has 0 aliphatic carbocycles. The third-order valence-corrected chi connectivity index (χ3v) is 4.98. The zero-order valence-electron chi connectivity index (χ0n) is 15.9. The van der Waals surface area contributed by atoms with Crippen LogP contribution < -0.4 is 5.32 Å². The van der Waals surface area contributed by atoms with Crippen molar-refractivity contribution in [2.24, 2.45) is 5.92 Å². The molecule has 4 rings (SSSR count). The Kier molecular flexibility index (Phi) is 4.77. The molecule has 0 radical (unpaired) electrons. The van der Waals surface area contributed by atoms with E-state index in [0.29, 0.717) is 30.1 Å². The van der Waals surface area contributed by atoms with E-state index in [4.69, 9.17) is 0 Å². The van der Waals surface area contributed by atoms with Crippen LogP contribution in [0.15, 0.2) is 36.8 Å². The van der Waals surface area contributed by atoms with Crippen LogP contribution in [0.5, 0.6) is 0 Å². The molecule has 0 aromatic carbocycles. The molecular formula is C20H22N6O2. The molecule has 1 aliphatic heterocycles. The lowest BCUT2D eigenvalue weighted by Gasteiger charge is -2.31. The SMILES string of the molecule is Cc1ccc(NC(=O)C2CCCN(C(=O)c3cnn4ccc(C)nc34)C2)nc1. The molecule has 4 heterocycles. The highest BCUT2D eigenvalue weighted by Gasteiger charge is 2.30. The highest BCUT2D eigenvalue weighted by molar-refractivity contribution is 6.00. The van der Waals surface area contributed by atoms with Crippen molar-refractivity contribution in [1.29, 1.82) is 0 Å². The van der Waals surface area contributed by atoms with E-state index in [-0.39, 0.29) is 17.7 Å². The molecular weight excluding hydrogens is 356 g/mol. The molecule has 1 aliphatic rings. The Morgan fingerprint density at radius 2 is 2.04 bits per heavy atom. The van der Waals surface area contributed by atoms with Crippen molar-refractivity contribution in [2.45, 2.75) is 26.7 Å². The second-order valence-electron chi connectivity index (χ2n) is 7.20. The summed E-state index contributed by atoms with van der Waals surface area (Å²) in [5.74, 6) is 0.0143. The van der Waals surface area contributed by atoms with Crippen molar-refractivity contribution in [2.75, 3.05) is 18.4 Å². The fourth-order valence-corrected chi connectivity index (χ4v) is 3.43. The number of nitrogens with zero attached hydrogens (tertiary/aromatic N) is 5. The summed E-state index contributed by atoms with van der Waals surface area (Å²) in [7, 11) is 0. The Bertz CT molecular complexity index is 1030. The summed E-state index contributed by atoms with van der Waals surface area (Å²) in [5.41, 5.74) is 2.86. The summed E-state index contributed by atoms with van der Waals surface area (Å²) in [6.07, 6.45) is 6.57. The minimum absolute atomic E-state index is 0.109. The molecule has 1 atom stereocenters. The maximum Gasteiger partial charge on any atom is 0.259 e. The second kappa shape index (κ2) is 7.38. The number of rotatable bonds is 3. The molecule has 144 valence electrons. The van der Waals surface area contributed by atoms with Crippen LogP contribution in [0.2, 0.25) is 0 Å². The number of fused-ring (bicyclic) bond motifs is 1. The van der Waals surface area contributed by atoms with E-state index in [1.165, 1.54) is 0 Å². The number of amides is 2. The van der Waals surface area contributed by atoms with Gasteiger partial charge < -0.3 is 10.2 Å². The van der Waals surface area contributed by atoms with E-state index in [1.807, 2.05) is 26.0 Å². The zero-order chi connectivity index (χ0) is 19.7. The minimum atomic E-state index is -0.266. The minimum Gasteiger partial charge on any atom is -0.338 e. The third-order valence-electron chi connectivity index (χ3n) is 4.98. The first-order valence-electron chi connectivity index (χ1n) is 9.35. The van der Waals surface area contributed by atoms with E-state index >= 15 is 0 Å². The number of nitrogens with one attached hydrogen (secondary N) is 1. The van der Waals surface area contributed by atoms with Crippen molar-refractivity contribution >= 4 is 23.3 Å². The van der Waals surface area contributed by atoms with Gasteiger partial charge in [-0.1, -0.05) is 6.07 Å². The van der Waals surface area contributed by atoms with Crippen LogP contribution in [0, 0.1) is 19.8 Å². The van der Waals surface area contributed by atoms with Gasteiger partial charge in [0.2, 0.25) is 5.91 Å². The number of likely N-dealkylation sites (tertiary alicyclic amines) is 1. The summed E-state index contributed by atoms with van der Waals surface area (Å²) in [6, 6.07) is 5.53. The lowest BCUT2D eigenvalue weighted by molar-refractivity contribution is -0.121. The highest BCUT2D eigenvalue weighted by Crippen LogP contribution is 2.21. The smallest absolute Gasteiger partial charge is 0.259 e. The molecule has 1 fully saturated rings. The number of piperidine rings is 1. The molecule has 1 unspecified atom stereocenters. The Morgan fingerprint density at radius 1 is 1.18 bits per heavy atom. The van der Waals surface area contributed by atoms with Crippen LogP contribution in [0.4, 0.5) is 5.82 Å². The van der Waals surface area contributed by atoms with Crippen LogP contribution in [0.25, 0.3) is 5.65 Å². The number of hydrogen-bond acceptors (Lipinski definition) is 5. The van der Waals surface area contributed by atoms with Gasteiger partial charge in [0.05, 0.1) is 12.1 Å². The predicted molar refractivity (Wildman–Crippen MR) is 104 cm³/mol. The molecule has 28 heavy (non-hydrogen) atoms. The largest absolute Gasteiger partial charge is 0.338 e. The van der Waals surface area contributed by atoms with Gasteiger partial charge in [0.1, 0.15) is 11.4 Å². The van der Waals surface area contributed by atoms with E-state index in [0.717, 1.165) is 24.1 Å². The van der Waals surface area contributed by atoms with Crippen LogP contribution >= 0.6 is 0 Å². The number of aryl methyl sites for hydroxylation is 2. The molecule has 2 amide bonds. The third kappa shape index (κ3) is 3.58. The lowest BCUT2D eigenvalue weighted by Crippen LogP contribution is -2.43. The molecule has 0 bridgehead atoms. The predicted octanol–water partition coefficient (Wildman–Crippen LogP) is 2.23. The number of pyridine rings is 1. The topological polar surface area (TPSA) is 92.5 Å². The summed E-state index contributed by atoms with van der Waals surface area (Å²) < 4.78 is 1.59. The summed E-state index contributed by atoms with van der Waals surface area (Å²) >= 11 is 0. The van der Waals surface area contributed by atoms with E-state index < -0.39 is 0 Å². The molecule has 8 nitrogen and oxygen atoms in total. The van der Waals surface area contributed by atoms with Crippen molar-refractivity contribution in [3.05, 3.63) is 53.6 Å². The number of anilines is 1. The van der Waals surface area contributed by atoms with Crippen LogP contribution in [0.1, 0.15) is 34.5 Å². The fourth-order valence-electron chi connectivity index (χ4n) is 3.43. The Morgan fingerprint density at radius 3 is 2.82 bits per heavy atom. The highest BCUT2D eigenvalue weighted by atomic mass is 16.2. The number of carbonyl (C=O) groups is 2. The van der Waals surface area contributed by atoms with E-state index in [1.54, 1.807) is 34.1 Å². The average molecular weight is 378 g/mol. The molecule has 8 heteroatoms. The van der Waals surface area contributed by atoms with E-state index in [9.17, 15) is 9.59 Å². The van der Waals surface area contributed by atoms with Crippen LogP contribution in [-0.2, 0) is 4.79 Å². The van der Waals surface area contributed by atoms with Crippen LogP contribution in [-0.4, -0.2) is 49.4 Å². The van der Waals surface area contributed by atoms with Gasteiger partial charge in [-0.3, -0.25) is 9.59 Å². The standard InChI is InChI=1S/C20H22N6O2/c1-13-5-6-17(21-10-13)24-19(27)15-4-3-8-25(12-15)20(28)16-11-22-26-9-7-14(2)23-18(16)26/h5-7,9-11,15H,3-4,8,12H2,1-2H3,(H,21,24,27). The Labute approximate surface area is 162 Å². The van der Waals surface area contributed by atoms with Gasteiger partial charge in [0.25, 0.3) is 5.91 Å². The molecule has 0 saturated carbocycles. The van der Waals surface area contributed by atoms with Crippen molar-refractivity contribution in [3.63, 3.8) is 0 Å². The fraction of sp³-hybridized carbons (Fsp3) is 0.350. The first-order chi connectivity index (χ1) is 13.5. The van der Waals surface area contributed by atoms with E-state index in [2.05, 4.69) is 20.4 Å². The van der Waals surface area contributed by atoms with Gasteiger partial charge in [-0.05, 0) is 44.4 Å². The van der Waals surface area contributed by atoms with Crippen molar-refractivity contribution in [1.82, 2.24) is 24.5 Å². The number of hydrogen-bond donors (Lipinski definition) is 1. The Hall–Kier alpha value is -3.29. The van der Waals surface area contributed by atoms with Gasteiger partial charge in [-0.25, -0.2) is 14.5 Å². The molecule has 1 N–H and O–H groups in total. The van der Waals surface area contributed by atoms with Crippen molar-refractivity contribution in [3.8, 4) is 0 Å². The quantitative estimate of drug-likeness (QED) is 0.754. The number of carbonyl (C=O) groups excluding carboxylic acids is 2. The molecule has 3 aromatic heterocycles. The normalized spacial score (nSPS) is 16.9. The summed E-state index contributed by atoms with van der Waals surface area (Å²) in [6.45, 7) is 4.82. The van der Waals surface area contributed by atoms with Gasteiger partial charge in [-0.2, -0.15) is 5.10 Å². The summed E-state index contributed by atoms with van der Waals surface area (Å²) in [5, 5.41) is 7.07. The zero-order valence-corrected chi connectivity index (χ0v) is 15.9.